The first-order valence-electron chi connectivity index (χ1n) is 9.37. The second kappa shape index (κ2) is 8.89. The van der Waals surface area contributed by atoms with Crippen molar-refractivity contribution in [2.24, 2.45) is 0 Å². The Hall–Kier alpha value is -2.49. The number of sulfonamides is 1. The number of quaternary nitrogens is 1. The van der Waals surface area contributed by atoms with Gasteiger partial charge >= 0.3 is 0 Å². The van der Waals surface area contributed by atoms with Crippen molar-refractivity contribution in [2.75, 3.05) is 38.6 Å². The van der Waals surface area contributed by atoms with Crippen LogP contribution in [0, 0.1) is 5.82 Å². The highest BCUT2D eigenvalue weighted by Gasteiger charge is 2.35. The Balaban J connectivity index is 1.63. The molecule has 29 heavy (non-hydrogen) atoms. The van der Waals surface area contributed by atoms with E-state index >= 15 is 0 Å². The van der Waals surface area contributed by atoms with E-state index in [-0.39, 0.29) is 29.9 Å². The van der Waals surface area contributed by atoms with Crippen LogP contribution in [-0.2, 0) is 14.8 Å². The number of para-hydroxylation sites is 2. The Kier molecular flexibility index (Phi) is 6.51. The first-order valence-corrected chi connectivity index (χ1v) is 10.8. The van der Waals surface area contributed by atoms with Gasteiger partial charge in [-0.1, -0.05) is 24.3 Å². The summed E-state index contributed by atoms with van der Waals surface area (Å²) in [6, 6.07) is 12.1. The molecule has 1 saturated heterocycles. The number of halogens is 1. The van der Waals surface area contributed by atoms with Crippen molar-refractivity contribution < 1.29 is 27.2 Å². The van der Waals surface area contributed by atoms with E-state index in [2.05, 4.69) is 5.32 Å². The van der Waals surface area contributed by atoms with E-state index in [4.69, 9.17) is 4.74 Å². The van der Waals surface area contributed by atoms with Gasteiger partial charge in [0.15, 0.2) is 6.04 Å². The first-order chi connectivity index (χ1) is 13.8. The summed E-state index contributed by atoms with van der Waals surface area (Å²) in [5.41, 5.74) is 0.590. The highest BCUT2D eigenvalue weighted by Crippen LogP contribution is 2.23. The molecule has 0 aliphatic carbocycles. The number of nitrogens with zero attached hydrogens (tertiary/aromatic N) is 1. The zero-order chi connectivity index (χ0) is 21.0. The van der Waals surface area contributed by atoms with Crippen molar-refractivity contribution in [3.05, 3.63) is 54.3 Å². The number of hydrogen-bond donors (Lipinski definition) is 2. The smallest absolute Gasteiger partial charge is 0.282 e. The third kappa shape index (κ3) is 4.58. The van der Waals surface area contributed by atoms with E-state index in [1.54, 1.807) is 19.1 Å². The van der Waals surface area contributed by atoms with Crippen molar-refractivity contribution in [3.8, 4) is 5.75 Å². The van der Waals surface area contributed by atoms with Gasteiger partial charge in [-0.15, -0.1) is 0 Å². The fraction of sp³-hybridized carbons (Fsp3) is 0.350. The molecular weight excluding hydrogens is 397 g/mol. The van der Waals surface area contributed by atoms with Gasteiger partial charge < -0.3 is 15.0 Å². The van der Waals surface area contributed by atoms with E-state index < -0.39 is 15.8 Å². The average molecular weight is 423 g/mol. The quantitative estimate of drug-likeness (QED) is 0.720. The number of methoxy groups -OCH3 is 1. The molecule has 3 rings (SSSR count). The van der Waals surface area contributed by atoms with Gasteiger partial charge in [0, 0.05) is 0 Å². The van der Waals surface area contributed by atoms with Gasteiger partial charge in [0.25, 0.3) is 5.91 Å². The van der Waals surface area contributed by atoms with Crippen LogP contribution in [0.2, 0.25) is 0 Å². The van der Waals surface area contributed by atoms with Crippen LogP contribution >= 0.6 is 0 Å². The summed E-state index contributed by atoms with van der Waals surface area (Å²) in [6.45, 7) is 3.15. The number of hydrogen-bond acceptors (Lipinski definition) is 4. The predicted molar refractivity (Wildman–Crippen MR) is 107 cm³/mol. The van der Waals surface area contributed by atoms with Gasteiger partial charge in [0.2, 0.25) is 10.0 Å². The topological polar surface area (TPSA) is 80.2 Å². The maximum atomic E-state index is 13.9. The lowest BCUT2D eigenvalue weighted by Crippen LogP contribution is -3.19. The lowest BCUT2D eigenvalue weighted by molar-refractivity contribution is -0.917. The number of benzene rings is 2. The number of carbonyl (C=O) groups excluding carboxylic acids is 1. The average Bonchev–Trinajstić information content (AvgIpc) is 2.73. The Morgan fingerprint density at radius 1 is 1.14 bits per heavy atom. The van der Waals surface area contributed by atoms with Crippen molar-refractivity contribution in [1.82, 2.24) is 4.31 Å². The molecule has 0 bridgehead atoms. The zero-order valence-corrected chi connectivity index (χ0v) is 17.2. The summed E-state index contributed by atoms with van der Waals surface area (Å²) in [5.74, 6) is -0.356. The molecule has 1 atom stereocenters. The highest BCUT2D eigenvalue weighted by atomic mass is 32.2. The maximum absolute atomic E-state index is 13.9. The third-order valence-corrected chi connectivity index (χ3v) is 7.12. The largest absolute Gasteiger partial charge is 0.495 e. The highest BCUT2D eigenvalue weighted by molar-refractivity contribution is 7.89. The standard InChI is InChI=1S/C20H24FN3O4S/c1-15(20(25)22-17-8-4-5-9-18(17)28-2)23-11-13-24(14-12-23)29(26,27)19-10-6-3-7-16(19)21/h3-10,15H,11-14H2,1-2H3,(H,22,25)/p+1/t15-/m1/s1. The van der Waals surface area contributed by atoms with Crippen molar-refractivity contribution in [2.45, 2.75) is 17.9 Å². The van der Waals surface area contributed by atoms with Gasteiger partial charge in [-0.25, -0.2) is 12.8 Å². The Labute approximate surface area is 170 Å². The number of rotatable bonds is 6. The van der Waals surface area contributed by atoms with Crippen molar-refractivity contribution in [3.63, 3.8) is 0 Å². The Bertz CT molecular complexity index is 975. The van der Waals surface area contributed by atoms with Crippen LogP contribution in [0.3, 0.4) is 0 Å². The molecular formula is C20H25FN3O4S+. The number of anilines is 1. The minimum atomic E-state index is -3.89. The molecule has 2 aromatic rings. The van der Waals surface area contributed by atoms with Crippen molar-refractivity contribution >= 4 is 21.6 Å². The molecule has 9 heteroatoms. The molecule has 1 amide bonds. The summed E-state index contributed by atoms with van der Waals surface area (Å²) >= 11 is 0. The number of ether oxygens (including phenoxy) is 1. The second-order valence-electron chi connectivity index (χ2n) is 6.90. The fourth-order valence-electron chi connectivity index (χ4n) is 3.41. The summed E-state index contributed by atoms with van der Waals surface area (Å²) in [5, 5.41) is 2.87. The van der Waals surface area contributed by atoms with Gasteiger partial charge in [-0.2, -0.15) is 4.31 Å². The zero-order valence-electron chi connectivity index (χ0n) is 16.4. The first kappa shape index (κ1) is 21.2. The molecule has 0 aromatic heterocycles. The SMILES string of the molecule is COc1ccccc1NC(=O)[C@@H](C)[NH+]1CCN(S(=O)(=O)c2ccccc2F)CC1. The van der Waals surface area contributed by atoms with Crippen LogP contribution in [0.4, 0.5) is 10.1 Å². The van der Waals surface area contributed by atoms with Gasteiger partial charge in [-0.3, -0.25) is 4.79 Å². The third-order valence-electron chi connectivity index (χ3n) is 5.19. The van der Waals surface area contributed by atoms with Crippen LogP contribution in [0.1, 0.15) is 6.92 Å². The minimum absolute atomic E-state index is 0.171. The summed E-state index contributed by atoms with van der Waals surface area (Å²) < 4.78 is 45.9. The number of amides is 1. The van der Waals surface area contributed by atoms with Crippen LogP contribution < -0.4 is 15.0 Å². The molecule has 0 spiro atoms. The molecule has 0 radical (unpaired) electrons. The molecule has 7 nitrogen and oxygen atoms in total. The van der Waals surface area contributed by atoms with Crippen LogP contribution in [0.15, 0.2) is 53.4 Å². The number of nitrogens with one attached hydrogen (secondary N) is 2. The fourth-order valence-corrected chi connectivity index (χ4v) is 4.92. The molecule has 1 heterocycles. The van der Waals surface area contributed by atoms with Gasteiger partial charge in [0.1, 0.15) is 16.5 Å². The van der Waals surface area contributed by atoms with Crippen LogP contribution in [0.25, 0.3) is 0 Å². The van der Waals surface area contributed by atoms with E-state index in [0.29, 0.717) is 24.5 Å². The second-order valence-corrected chi connectivity index (χ2v) is 8.81. The number of carbonyl (C=O) groups is 1. The lowest BCUT2D eigenvalue weighted by Gasteiger charge is -2.34. The lowest BCUT2D eigenvalue weighted by atomic mass is 10.2. The Morgan fingerprint density at radius 3 is 2.41 bits per heavy atom. The normalized spacial score (nSPS) is 16.9. The Morgan fingerprint density at radius 2 is 1.76 bits per heavy atom. The molecule has 2 N–H and O–H groups in total. The molecule has 1 aliphatic heterocycles. The minimum Gasteiger partial charge on any atom is -0.495 e. The van der Waals surface area contributed by atoms with E-state index in [1.165, 1.54) is 29.6 Å². The molecule has 0 saturated carbocycles. The van der Waals surface area contributed by atoms with Gasteiger partial charge in [0.05, 0.1) is 39.0 Å². The van der Waals surface area contributed by atoms with Crippen molar-refractivity contribution in [1.29, 1.82) is 0 Å². The maximum Gasteiger partial charge on any atom is 0.282 e. The van der Waals surface area contributed by atoms with E-state index in [1.807, 2.05) is 12.1 Å². The molecule has 156 valence electrons. The van der Waals surface area contributed by atoms with Crippen LogP contribution in [0.5, 0.6) is 5.75 Å². The van der Waals surface area contributed by atoms with E-state index in [9.17, 15) is 17.6 Å². The number of piperazine rings is 1. The molecule has 2 aromatic carbocycles. The van der Waals surface area contributed by atoms with E-state index in [0.717, 1.165) is 11.0 Å². The molecule has 0 unspecified atom stereocenters. The monoisotopic (exact) mass is 422 g/mol. The molecule has 1 fully saturated rings. The van der Waals surface area contributed by atoms with Gasteiger partial charge in [-0.05, 0) is 31.2 Å². The summed E-state index contributed by atoms with van der Waals surface area (Å²) in [7, 11) is -2.36. The summed E-state index contributed by atoms with van der Waals surface area (Å²) in [4.78, 5) is 13.3. The molecule has 1 aliphatic rings. The van der Waals surface area contributed by atoms with Crippen LogP contribution in [-0.4, -0.2) is 58.0 Å². The predicted octanol–water partition coefficient (Wildman–Crippen LogP) is 0.751. The summed E-state index contributed by atoms with van der Waals surface area (Å²) in [6.07, 6.45) is 0.